The molecule has 96 heavy (non-hydrogen) atoms. The minimum absolute atomic E-state index is 0.102. The number of nitrogens with one attached hydrogen (secondary N) is 6. The van der Waals surface area contributed by atoms with E-state index in [0.29, 0.717) is 76.7 Å². The molecule has 14 atom stereocenters. The maximum Gasteiger partial charge on any atom is 0.510 e. The highest BCUT2D eigenvalue weighted by Gasteiger charge is 2.38. The molecule has 4 aliphatic rings. The zero-order chi connectivity index (χ0) is 69.8. The minimum Gasteiger partial charge on any atom is -0.460 e. The Labute approximate surface area is 560 Å². The molecule has 2 saturated heterocycles. The molecular weight excluding hydrogens is 1230 g/mol. The zero-order valence-corrected chi connectivity index (χ0v) is 57.2. The van der Waals surface area contributed by atoms with Gasteiger partial charge in [-0.25, -0.2) is 30.6 Å². The van der Waals surface area contributed by atoms with E-state index >= 15 is 4.79 Å². The average Bonchev–Trinajstić information content (AvgIpc) is 0.807. The van der Waals surface area contributed by atoms with Gasteiger partial charge in [-0.2, -0.15) is 0 Å². The number of hydrogen-bond donors (Lipinski definition) is 7. The Morgan fingerprint density at radius 2 is 1.20 bits per heavy atom. The van der Waals surface area contributed by atoms with Gasteiger partial charge < -0.3 is 55.4 Å². The summed E-state index contributed by atoms with van der Waals surface area (Å²) in [6.07, 6.45) is 3.29. The molecule has 2 aromatic carbocycles. The second kappa shape index (κ2) is 33.0. The number of benzene rings is 2. The summed E-state index contributed by atoms with van der Waals surface area (Å²) in [5.74, 6) is -8.21. The van der Waals surface area contributed by atoms with Crippen LogP contribution < -0.4 is 37.9 Å². The number of aromatic nitrogens is 2. The van der Waals surface area contributed by atoms with Gasteiger partial charge in [-0.1, -0.05) is 96.2 Å². The number of hydrazine groups is 2. The Hall–Kier alpha value is -8.43. The number of carbonyl (C=O) groups is 9. The lowest BCUT2D eigenvalue weighted by Gasteiger charge is -2.36. The molecule has 4 aromatic rings. The Bertz CT molecular complexity index is 3560. The van der Waals surface area contributed by atoms with E-state index < -0.39 is 157 Å². The summed E-state index contributed by atoms with van der Waals surface area (Å²) >= 11 is 0. The van der Waals surface area contributed by atoms with Crippen molar-refractivity contribution in [2.75, 3.05) is 26.4 Å². The highest BCUT2D eigenvalue weighted by atomic mass is 16.8. The van der Waals surface area contributed by atoms with Crippen LogP contribution in [0.25, 0.3) is 34.0 Å². The number of hydrogen-bond acceptors (Lipinski definition) is 21. The predicted octanol–water partition coefficient (Wildman–Crippen LogP) is 6.10. The quantitative estimate of drug-likeness (QED) is 0.0452. The molecule has 0 saturated carbocycles. The molecule has 6 heterocycles. The maximum atomic E-state index is 15.2. The fourth-order valence-corrected chi connectivity index (χ4v) is 11.8. The van der Waals surface area contributed by atoms with Crippen molar-refractivity contribution in [3.63, 3.8) is 0 Å². The van der Waals surface area contributed by atoms with Crippen LogP contribution in [0, 0.1) is 29.6 Å². The van der Waals surface area contributed by atoms with Crippen LogP contribution >= 0.6 is 0 Å². The number of nitrogens with zero attached hydrogens (tertiary/aromatic N) is 4. The van der Waals surface area contributed by atoms with E-state index in [1.54, 1.807) is 126 Å². The molecule has 4 aliphatic heterocycles. The standard InChI is InChI=1S/C70H95N11O15/c1-36(2)59(71)69(89)94-42(11)51-25-20-45-18-22-47-23-27-53(74-57(47)30-45)43(12)95-67(87)54-16-14-28-80(78-54)34-49(73-65(85)61(38(5)6)77-63(51)83)32-48-33-56-44(13)96-68(88)55-17-15-29-81(79-55)66(86)40(9)72-64(84)60(37(3)4)76-62(82)50(41(10)91-35-92-70(90)93-39(7)8)24-19-46-21-26-52(48)58(31-46)75-56/h18-27,30-31,33,36-44,49-51,54-55,59-61,78-79H,14-17,28-29,32,34-35,71H2,1-13H3,(H,72,84)(H,73,85)(H,76,82)(H,77,83)/b24-19+,25-20+/t40-,41-,42-,43+,44+,49-,50+,51+,54-,55-,59-,60-,61-/m0/s1. The van der Waals surface area contributed by atoms with Gasteiger partial charge in [-0.15, -0.1) is 0 Å². The lowest BCUT2D eigenvalue weighted by molar-refractivity contribution is -0.157. The van der Waals surface area contributed by atoms with Crippen molar-refractivity contribution < 1.29 is 71.6 Å². The van der Waals surface area contributed by atoms with Crippen molar-refractivity contribution in [3.8, 4) is 0 Å². The molecule has 0 aliphatic carbocycles. The van der Waals surface area contributed by atoms with Crippen molar-refractivity contribution in [1.82, 2.24) is 52.1 Å². The van der Waals surface area contributed by atoms with E-state index in [2.05, 4.69) is 32.1 Å². The number of rotatable bonds is 13. The van der Waals surface area contributed by atoms with E-state index in [9.17, 15) is 38.4 Å². The van der Waals surface area contributed by atoms with Gasteiger partial charge in [0.25, 0.3) is 5.91 Å². The summed E-state index contributed by atoms with van der Waals surface area (Å²) in [5.41, 5.74) is 16.4. The third kappa shape index (κ3) is 19.2. The first-order valence-electron chi connectivity index (χ1n) is 33.4. The summed E-state index contributed by atoms with van der Waals surface area (Å²) in [6.45, 7) is 22.4. The molecule has 2 fully saturated rings. The van der Waals surface area contributed by atoms with Crippen LogP contribution in [0.5, 0.6) is 0 Å². The van der Waals surface area contributed by atoms with Crippen LogP contribution in [-0.4, -0.2) is 161 Å². The highest BCUT2D eigenvalue weighted by Crippen LogP contribution is 2.30. The number of nitrogens with two attached hydrogens (primary N) is 1. The summed E-state index contributed by atoms with van der Waals surface area (Å²) in [5, 5.41) is 16.5. The summed E-state index contributed by atoms with van der Waals surface area (Å²) in [6, 6.07) is 9.64. The molecule has 26 heteroatoms. The van der Waals surface area contributed by atoms with Crippen molar-refractivity contribution in [2.24, 2.45) is 35.3 Å². The fraction of sp³-hybridized carbons (Fsp3) is 0.557. The van der Waals surface area contributed by atoms with Gasteiger partial charge in [0, 0.05) is 36.4 Å². The van der Waals surface area contributed by atoms with E-state index in [0.717, 1.165) is 5.39 Å². The Balaban J connectivity index is 1.20. The van der Waals surface area contributed by atoms with Gasteiger partial charge >= 0.3 is 24.1 Å². The molecular formula is C70H95N11O15. The van der Waals surface area contributed by atoms with Crippen LogP contribution in [0.3, 0.4) is 0 Å². The van der Waals surface area contributed by atoms with Crippen LogP contribution in [0.4, 0.5) is 4.79 Å². The van der Waals surface area contributed by atoms with Crippen LogP contribution in [-0.2, 0) is 73.2 Å². The summed E-state index contributed by atoms with van der Waals surface area (Å²) in [7, 11) is 0. The second-order valence-corrected chi connectivity index (χ2v) is 26.7. The lowest BCUT2D eigenvalue weighted by atomic mass is 9.95. The van der Waals surface area contributed by atoms with Crippen molar-refractivity contribution in [2.45, 2.75) is 195 Å². The topological polar surface area (TPSA) is 339 Å². The summed E-state index contributed by atoms with van der Waals surface area (Å²) < 4.78 is 34.4. The number of esters is 3. The summed E-state index contributed by atoms with van der Waals surface area (Å²) in [4.78, 5) is 137. The van der Waals surface area contributed by atoms with E-state index in [1.165, 1.54) is 11.9 Å². The second-order valence-electron chi connectivity index (χ2n) is 26.7. The van der Waals surface area contributed by atoms with E-state index in [4.69, 9.17) is 44.1 Å². The van der Waals surface area contributed by atoms with Crippen LogP contribution in [0.1, 0.15) is 156 Å². The van der Waals surface area contributed by atoms with Crippen LogP contribution in [0.2, 0.25) is 0 Å². The van der Waals surface area contributed by atoms with Gasteiger partial charge in [0.1, 0.15) is 54.6 Å². The number of amides is 5. The molecule has 8 N–H and O–H groups in total. The molecule has 520 valence electrons. The number of cyclic esters (lactones) is 2. The average molecular weight is 1330 g/mol. The third-order valence-electron chi connectivity index (χ3n) is 17.6. The van der Waals surface area contributed by atoms with Crippen molar-refractivity contribution in [1.29, 1.82) is 0 Å². The monoisotopic (exact) mass is 1330 g/mol. The van der Waals surface area contributed by atoms with Gasteiger partial charge in [-0.05, 0) is 139 Å². The molecule has 0 spiro atoms. The number of pyridine rings is 2. The molecule has 2 aromatic heterocycles. The molecule has 5 amide bonds. The fourth-order valence-electron chi connectivity index (χ4n) is 11.8. The van der Waals surface area contributed by atoms with E-state index in [1.807, 2.05) is 41.4 Å². The van der Waals surface area contributed by atoms with Crippen LogP contribution in [0.15, 0.2) is 66.7 Å². The maximum absolute atomic E-state index is 15.2. The number of carbonyl (C=O) groups excluding carboxylic acids is 9. The predicted molar refractivity (Wildman–Crippen MR) is 356 cm³/mol. The molecule has 0 radical (unpaired) electrons. The molecule has 26 nitrogen and oxygen atoms in total. The third-order valence-corrected chi connectivity index (χ3v) is 17.6. The van der Waals surface area contributed by atoms with E-state index in [-0.39, 0.29) is 25.4 Å². The minimum atomic E-state index is -1.15. The SMILES string of the molecule is CC(C)OC(=O)OCO[C@@H](C)[C@H]1/C=C/c2ccc3c(C[C@H]4CN5CCC[C@H](N5)C(=O)O[C@H](C)c5ccc6ccc(cc6n5)/C=C/[C@H]([C@H](C)OC(=O)[C@@H](N)C(C)C)C(=O)N[C@@H](C(C)C)C(=O)N4)cc(nc3c2)[C@@H](C)OC(=O)[C@@H]2CCCN(N2)C(=O)[C@H](C)NC(=O)[C@H](C(C)C)NC1=O. The number of fused-ring (bicyclic) bond motifs is 8. The smallest absolute Gasteiger partial charge is 0.460 e. The first-order chi connectivity index (χ1) is 45.5. The van der Waals surface area contributed by atoms with Gasteiger partial charge in [0.2, 0.25) is 23.6 Å². The van der Waals surface area contributed by atoms with Crippen molar-refractivity contribution >= 4 is 87.6 Å². The highest BCUT2D eigenvalue weighted by molar-refractivity contribution is 5.94. The zero-order valence-electron chi connectivity index (χ0n) is 57.2. The largest absolute Gasteiger partial charge is 0.510 e. The Morgan fingerprint density at radius 1 is 0.635 bits per heavy atom. The van der Waals surface area contributed by atoms with Crippen molar-refractivity contribution in [3.05, 3.63) is 94.8 Å². The molecule has 1 unspecified atom stereocenters. The van der Waals surface area contributed by atoms with Gasteiger partial charge in [0.05, 0.1) is 46.5 Å². The number of ether oxygens (including phenoxy) is 6. The normalized spacial score (nSPS) is 27.0. The Morgan fingerprint density at radius 3 is 1.82 bits per heavy atom. The molecule has 8 rings (SSSR count). The lowest BCUT2D eigenvalue weighted by Crippen LogP contribution is -2.61. The Kier molecular flexibility index (Phi) is 25.2. The first kappa shape index (κ1) is 73.4. The van der Waals surface area contributed by atoms with Gasteiger partial charge in [0.15, 0.2) is 6.79 Å². The van der Waals surface area contributed by atoms with Gasteiger partial charge in [-0.3, -0.25) is 43.4 Å². The first-order valence-corrected chi connectivity index (χ1v) is 33.4. The molecule has 10 bridgehead atoms.